The van der Waals surface area contributed by atoms with Crippen LogP contribution in [0.3, 0.4) is 0 Å². The third-order valence-electron chi connectivity index (χ3n) is 5.44. The average molecular weight is 428 g/mol. The van der Waals surface area contributed by atoms with Gasteiger partial charge in [-0.05, 0) is 44.4 Å². The Balaban J connectivity index is 1.71. The van der Waals surface area contributed by atoms with Gasteiger partial charge in [-0.1, -0.05) is 12.5 Å². The number of amides is 1. The van der Waals surface area contributed by atoms with Crippen molar-refractivity contribution in [3.8, 4) is 0 Å². The van der Waals surface area contributed by atoms with Crippen LogP contribution in [0.15, 0.2) is 23.1 Å². The molecule has 0 radical (unpaired) electrons. The van der Waals surface area contributed by atoms with Crippen LogP contribution in [0.4, 0.5) is 5.69 Å². The molecule has 7 nitrogen and oxygen atoms in total. The molecule has 0 aliphatic carbocycles. The molecule has 9 heteroatoms. The van der Waals surface area contributed by atoms with Gasteiger partial charge in [-0.3, -0.25) is 13.9 Å². The van der Waals surface area contributed by atoms with Crippen LogP contribution >= 0.6 is 0 Å². The Morgan fingerprint density at radius 2 is 1.93 bits per heavy atom. The summed E-state index contributed by atoms with van der Waals surface area (Å²) in [6.07, 6.45) is 2.82. The van der Waals surface area contributed by atoms with Gasteiger partial charge in [0.25, 0.3) is 0 Å². The quantitative estimate of drug-likeness (QED) is 0.771. The summed E-state index contributed by atoms with van der Waals surface area (Å²) in [7, 11) is -4.35. The van der Waals surface area contributed by atoms with E-state index in [1.807, 2.05) is 18.7 Å². The fourth-order valence-corrected chi connectivity index (χ4v) is 6.55. The minimum absolute atomic E-state index is 0.0900. The minimum Gasteiger partial charge on any atom is -0.325 e. The van der Waals surface area contributed by atoms with Crippen LogP contribution in [0.2, 0.25) is 0 Å². The number of anilines is 1. The van der Waals surface area contributed by atoms with E-state index in [4.69, 9.17) is 0 Å². The van der Waals surface area contributed by atoms with E-state index in [0.717, 1.165) is 24.8 Å². The van der Waals surface area contributed by atoms with Crippen molar-refractivity contribution in [2.75, 3.05) is 43.0 Å². The molecule has 1 amide bonds. The van der Waals surface area contributed by atoms with Gasteiger partial charge in [0.2, 0.25) is 15.9 Å². The lowest BCUT2D eigenvalue weighted by Gasteiger charge is -2.32. The minimum atomic E-state index is -3.54. The Labute approximate surface area is 170 Å². The first kappa shape index (κ1) is 21.4. The van der Waals surface area contributed by atoms with E-state index in [0.29, 0.717) is 36.8 Å². The molecule has 1 aromatic carbocycles. The maximum Gasteiger partial charge on any atom is 0.243 e. The van der Waals surface area contributed by atoms with Gasteiger partial charge in [0.15, 0.2) is 0 Å². The molecule has 3 rings (SSSR count). The van der Waals surface area contributed by atoms with Crippen LogP contribution in [-0.2, 0) is 25.6 Å². The molecule has 2 saturated heterocycles. The number of hydrogen-bond donors (Lipinski definition) is 1. The van der Waals surface area contributed by atoms with Crippen molar-refractivity contribution in [3.05, 3.63) is 23.8 Å². The number of nitrogens with zero attached hydrogens (tertiary/aromatic N) is 2. The Hall–Kier alpha value is -1.29. The van der Waals surface area contributed by atoms with E-state index in [9.17, 15) is 17.4 Å². The predicted molar refractivity (Wildman–Crippen MR) is 111 cm³/mol. The van der Waals surface area contributed by atoms with Gasteiger partial charge in [0, 0.05) is 53.7 Å². The van der Waals surface area contributed by atoms with Crippen molar-refractivity contribution in [1.82, 2.24) is 9.21 Å². The normalized spacial score (nSPS) is 24.8. The van der Waals surface area contributed by atoms with Crippen molar-refractivity contribution in [3.63, 3.8) is 0 Å². The molecular formula is C19H29N3O4S2. The maximum atomic E-state index is 12.9. The monoisotopic (exact) mass is 427 g/mol. The lowest BCUT2D eigenvalue weighted by molar-refractivity contribution is -0.117. The summed E-state index contributed by atoms with van der Waals surface area (Å²) in [5.74, 6) is 0.978. The van der Waals surface area contributed by atoms with Crippen molar-refractivity contribution in [2.24, 2.45) is 0 Å². The number of piperidine rings is 1. The summed E-state index contributed by atoms with van der Waals surface area (Å²) in [4.78, 5) is 14.8. The van der Waals surface area contributed by atoms with Gasteiger partial charge in [0.1, 0.15) is 0 Å². The molecule has 2 aliphatic rings. The van der Waals surface area contributed by atoms with Gasteiger partial charge >= 0.3 is 0 Å². The number of carbonyl (C=O) groups is 1. The van der Waals surface area contributed by atoms with Crippen LogP contribution in [0.1, 0.15) is 31.7 Å². The van der Waals surface area contributed by atoms with Crippen molar-refractivity contribution >= 4 is 32.4 Å². The lowest BCUT2D eigenvalue weighted by atomic mass is 10.2. The first-order valence-corrected chi connectivity index (χ1v) is 12.7. The van der Waals surface area contributed by atoms with E-state index in [1.54, 1.807) is 18.2 Å². The number of nitrogens with one attached hydrogen (secondary N) is 1. The molecule has 2 atom stereocenters. The van der Waals surface area contributed by atoms with Crippen LogP contribution < -0.4 is 5.32 Å². The molecule has 2 heterocycles. The first-order valence-electron chi connectivity index (χ1n) is 9.77. The number of sulfonamides is 1. The second kappa shape index (κ2) is 9.02. The smallest absolute Gasteiger partial charge is 0.243 e. The van der Waals surface area contributed by atoms with E-state index in [1.165, 1.54) is 4.31 Å². The van der Waals surface area contributed by atoms with Crippen LogP contribution in [0, 0.1) is 6.92 Å². The maximum absolute atomic E-state index is 12.9. The van der Waals surface area contributed by atoms with E-state index < -0.39 is 20.8 Å². The standard InChI is InChI=1S/C19H29N3O4S2/c1-15-6-7-17(28(25,26)22-8-4-3-5-9-22)12-18(15)20-19(23)13-21-10-11-27(24)14-16(21)2/h6-7,12,16H,3-5,8-11,13-14H2,1-2H3,(H,20,23)/t16-,27-/m0/s1. The second-order valence-corrected chi connectivity index (χ2v) is 11.2. The van der Waals surface area contributed by atoms with E-state index >= 15 is 0 Å². The summed E-state index contributed by atoms with van der Waals surface area (Å²) in [6.45, 7) is 5.75. The van der Waals surface area contributed by atoms with Crippen LogP contribution in [0.25, 0.3) is 0 Å². The highest BCUT2D eigenvalue weighted by molar-refractivity contribution is 7.89. The Bertz CT molecular complexity index is 851. The van der Waals surface area contributed by atoms with Gasteiger partial charge in [0.05, 0.1) is 11.4 Å². The second-order valence-electron chi connectivity index (χ2n) is 7.62. The van der Waals surface area contributed by atoms with Gasteiger partial charge in [-0.25, -0.2) is 8.42 Å². The molecule has 1 N–H and O–H groups in total. The summed E-state index contributed by atoms with van der Waals surface area (Å²) < 4.78 is 39.0. The molecule has 0 saturated carbocycles. The Kier molecular flexibility index (Phi) is 6.90. The number of carbonyl (C=O) groups excluding carboxylic acids is 1. The van der Waals surface area contributed by atoms with E-state index in [2.05, 4.69) is 5.32 Å². The topological polar surface area (TPSA) is 86.8 Å². The van der Waals surface area contributed by atoms with Crippen LogP contribution in [-0.4, -0.2) is 71.5 Å². The summed E-state index contributed by atoms with van der Waals surface area (Å²) >= 11 is 0. The molecule has 0 bridgehead atoms. The first-order chi connectivity index (χ1) is 13.3. The molecule has 156 valence electrons. The molecule has 1 aromatic rings. The molecule has 0 aromatic heterocycles. The number of hydrogen-bond acceptors (Lipinski definition) is 5. The number of benzene rings is 1. The fourth-order valence-electron chi connectivity index (χ4n) is 3.66. The SMILES string of the molecule is Cc1ccc(S(=O)(=O)N2CCCCC2)cc1NC(=O)CN1CC[S@](=O)C[C@@H]1C. The molecular weight excluding hydrogens is 398 g/mol. The third-order valence-corrected chi connectivity index (χ3v) is 8.83. The zero-order valence-electron chi connectivity index (χ0n) is 16.5. The fraction of sp³-hybridized carbons (Fsp3) is 0.632. The molecule has 0 unspecified atom stereocenters. The largest absolute Gasteiger partial charge is 0.325 e. The van der Waals surface area contributed by atoms with Crippen molar-refractivity contribution in [2.45, 2.75) is 44.0 Å². The average Bonchev–Trinajstić information content (AvgIpc) is 2.66. The lowest BCUT2D eigenvalue weighted by Crippen LogP contribution is -2.48. The van der Waals surface area contributed by atoms with Gasteiger partial charge in [-0.2, -0.15) is 4.31 Å². The Morgan fingerprint density at radius 3 is 2.61 bits per heavy atom. The summed E-state index contributed by atoms with van der Waals surface area (Å²) in [5.41, 5.74) is 1.34. The third kappa shape index (κ3) is 5.00. The predicted octanol–water partition coefficient (Wildman–Crippen LogP) is 1.56. The molecule has 0 spiro atoms. The Morgan fingerprint density at radius 1 is 1.21 bits per heavy atom. The molecule has 2 aliphatic heterocycles. The van der Waals surface area contributed by atoms with Crippen molar-refractivity contribution in [1.29, 1.82) is 0 Å². The molecule has 2 fully saturated rings. The van der Waals surface area contributed by atoms with Gasteiger partial charge < -0.3 is 5.32 Å². The zero-order valence-corrected chi connectivity index (χ0v) is 18.2. The van der Waals surface area contributed by atoms with Crippen LogP contribution in [0.5, 0.6) is 0 Å². The highest BCUT2D eigenvalue weighted by Gasteiger charge is 2.27. The number of aryl methyl sites for hydroxylation is 1. The van der Waals surface area contributed by atoms with E-state index in [-0.39, 0.29) is 23.4 Å². The highest BCUT2D eigenvalue weighted by Crippen LogP contribution is 2.25. The number of rotatable bonds is 5. The van der Waals surface area contributed by atoms with Gasteiger partial charge in [-0.15, -0.1) is 0 Å². The zero-order chi connectivity index (χ0) is 20.3. The summed E-state index contributed by atoms with van der Waals surface area (Å²) in [5, 5.41) is 2.87. The van der Waals surface area contributed by atoms with Crippen molar-refractivity contribution < 1.29 is 17.4 Å². The molecule has 28 heavy (non-hydrogen) atoms. The highest BCUT2D eigenvalue weighted by atomic mass is 32.2. The summed E-state index contributed by atoms with van der Waals surface area (Å²) in [6, 6.07) is 4.99.